The Hall–Kier alpha value is -2.92. The fourth-order valence-corrected chi connectivity index (χ4v) is 4.08. The number of para-hydroxylation sites is 1. The third-order valence-electron chi connectivity index (χ3n) is 5.57. The number of aromatic nitrogens is 2. The fraction of sp³-hybridized carbons (Fsp3) is 0.304. The van der Waals surface area contributed by atoms with E-state index in [4.69, 9.17) is 5.10 Å². The number of benzene rings is 2. The Morgan fingerprint density at radius 2 is 1.75 bits per heavy atom. The molecule has 0 radical (unpaired) electrons. The first-order valence-electron chi connectivity index (χ1n) is 9.74. The molecule has 0 saturated carbocycles. The molecule has 1 aliphatic heterocycles. The number of hydrogen-bond donors (Lipinski definition) is 1. The number of nitrogens with zero attached hydrogens (tertiary/aromatic N) is 3. The van der Waals surface area contributed by atoms with E-state index in [1.54, 1.807) is 0 Å². The standard InChI is InChI=1S/C23H26N4O/c1-16-9-7-8-10-19(16)15-26-14-13-24-23(28)22(26)21-17(2)25-27(18(21)3)20-11-5-4-6-12-20/h4-12,22H,13-15H2,1-3H3,(H,24,28). The first kappa shape index (κ1) is 18.4. The molecule has 1 aliphatic rings. The van der Waals surface area contributed by atoms with Crippen LogP contribution in [0, 0.1) is 20.8 Å². The van der Waals surface area contributed by atoms with E-state index in [-0.39, 0.29) is 11.9 Å². The minimum atomic E-state index is -0.328. The number of carbonyl (C=O) groups is 1. The molecule has 144 valence electrons. The number of piperazine rings is 1. The van der Waals surface area contributed by atoms with E-state index in [9.17, 15) is 4.79 Å². The number of rotatable bonds is 4. The summed E-state index contributed by atoms with van der Waals surface area (Å²) in [6.07, 6.45) is 0. The largest absolute Gasteiger partial charge is 0.353 e. The van der Waals surface area contributed by atoms with Crippen LogP contribution < -0.4 is 5.32 Å². The van der Waals surface area contributed by atoms with Gasteiger partial charge in [0.1, 0.15) is 6.04 Å². The molecule has 28 heavy (non-hydrogen) atoms. The molecule has 2 aromatic carbocycles. The highest BCUT2D eigenvalue weighted by Crippen LogP contribution is 2.31. The van der Waals surface area contributed by atoms with Crippen LogP contribution in [-0.2, 0) is 11.3 Å². The van der Waals surface area contributed by atoms with Gasteiger partial charge < -0.3 is 5.32 Å². The summed E-state index contributed by atoms with van der Waals surface area (Å²) in [5.74, 6) is 0.0543. The highest BCUT2D eigenvalue weighted by molar-refractivity contribution is 5.84. The zero-order chi connectivity index (χ0) is 19.7. The Morgan fingerprint density at radius 1 is 1.04 bits per heavy atom. The van der Waals surface area contributed by atoms with E-state index in [1.807, 2.05) is 41.9 Å². The van der Waals surface area contributed by atoms with Crippen molar-refractivity contribution in [2.24, 2.45) is 0 Å². The van der Waals surface area contributed by atoms with Crippen molar-refractivity contribution < 1.29 is 4.79 Å². The van der Waals surface area contributed by atoms with Crippen molar-refractivity contribution in [2.45, 2.75) is 33.4 Å². The molecule has 5 nitrogen and oxygen atoms in total. The van der Waals surface area contributed by atoms with Crippen LogP contribution in [0.25, 0.3) is 5.69 Å². The van der Waals surface area contributed by atoms with Gasteiger partial charge in [-0.2, -0.15) is 5.10 Å². The van der Waals surface area contributed by atoms with Gasteiger partial charge in [0.15, 0.2) is 0 Å². The topological polar surface area (TPSA) is 50.2 Å². The van der Waals surface area contributed by atoms with E-state index in [2.05, 4.69) is 48.3 Å². The van der Waals surface area contributed by atoms with Crippen molar-refractivity contribution in [3.63, 3.8) is 0 Å². The summed E-state index contributed by atoms with van der Waals surface area (Å²) in [5.41, 5.74) is 6.44. The molecule has 4 rings (SSSR count). The SMILES string of the molecule is Cc1ccccc1CN1CCNC(=O)C1c1c(C)nn(-c2ccccc2)c1C. The van der Waals surface area contributed by atoms with Gasteiger partial charge in [-0.25, -0.2) is 4.68 Å². The van der Waals surface area contributed by atoms with Gasteiger partial charge in [-0.05, 0) is 44.0 Å². The number of aryl methyl sites for hydroxylation is 2. The van der Waals surface area contributed by atoms with Crippen LogP contribution in [0.4, 0.5) is 0 Å². The summed E-state index contributed by atoms with van der Waals surface area (Å²) in [6, 6.07) is 18.1. The van der Waals surface area contributed by atoms with Crippen molar-refractivity contribution in [1.29, 1.82) is 0 Å². The van der Waals surface area contributed by atoms with Gasteiger partial charge in [0, 0.05) is 30.9 Å². The van der Waals surface area contributed by atoms with Crippen LogP contribution in [-0.4, -0.2) is 33.7 Å². The van der Waals surface area contributed by atoms with Gasteiger partial charge in [-0.3, -0.25) is 9.69 Å². The lowest BCUT2D eigenvalue weighted by Crippen LogP contribution is -2.49. The number of amides is 1. The van der Waals surface area contributed by atoms with E-state index >= 15 is 0 Å². The van der Waals surface area contributed by atoms with Gasteiger partial charge in [0.2, 0.25) is 5.91 Å². The molecule has 1 N–H and O–H groups in total. The minimum Gasteiger partial charge on any atom is -0.353 e. The van der Waals surface area contributed by atoms with E-state index in [0.29, 0.717) is 6.54 Å². The van der Waals surface area contributed by atoms with Crippen molar-refractivity contribution in [1.82, 2.24) is 20.0 Å². The van der Waals surface area contributed by atoms with E-state index in [1.165, 1.54) is 11.1 Å². The summed E-state index contributed by atoms with van der Waals surface area (Å²) >= 11 is 0. The van der Waals surface area contributed by atoms with Crippen LogP contribution in [0.3, 0.4) is 0 Å². The molecule has 0 aliphatic carbocycles. The second kappa shape index (κ2) is 7.60. The van der Waals surface area contributed by atoms with Crippen LogP contribution in [0.1, 0.15) is 34.1 Å². The second-order valence-electron chi connectivity index (χ2n) is 7.42. The molecule has 1 amide bonds. The average Bonchev–Trinajstić information content (AvgIpc) is 2.99. The van der Waals surface area contributed by atoms with Crippen LogP contribution in [0.2, 0.25) is 0 Å². The predicted octanol–water partition coefficient (Wildman–Crippen LogP) is 3.47. The molecule has 3 aromatic rings. The van der Waals surface area contributed by atoms with Crippen molar-refractivity contribution in [3.05, 3.63) is 82.7 Å². The maximum Gasteiger partial charge on any atom is 0.242 e. The summed E-state index contributed by atoms with van der Waals surface area (Å²) in [4.78, 5) is 15.2. The van der Waals surface area contributed by atoms with Gasteiger partial charge in [0.05, 0.1) is 11.4 Å². The normalized spacial score (nSPS) is 17.5. The van der Waals surface area contributed by atoms with Gasteiger partial charge in [0.25, 0.3) is 0 Å². The van der Waals surface area contributed by atoms with Crippen molar-refractivity contribution in [3.8, 4) is 5.69 Å². The average molecular weight is 374 g/mol. The minimum absolute atomic E-state index is 0.0543. The van der Waals surface area contributed by atoms with Crippen LogP contribution in [0.15, 0.2) is 54.6 Å². The maximum absolute atomic E-state index is 12.9. The summed E-state index contributed by atoms with van der Waals surface area (Å²) < 4.78 is 1.94. The quantitative estimate of drug-likeness (QED) is 0.761. The maximum atomic E-state index is 12.9. The lowest BCUT2D eigenvalue weighted by molar-refractivity contribution is -0.129. The Kier molecular flexibility index (Phi) is 5.01. The van der Waals surface area contributed by atoms with Crippen molar-refractivity contribution >= 4 is 5.91 Å². The first-order chi connectivity index (χ1) is 13.6. The molecule has 2 heterocycles. The van der Waals surface area contributed by atoms with Crippen molar-refractivity contribution in [2.75, 3.05) is 13.1 Å². The zero-order valence-corrected chi connectivity index (χ0v) is 16.6. The lowest BCUT2D eigenvalue weighted by Gasteiger charge is -2.35. The Labute approximate surface area is 166 Å². The molecule has 1 fully saturated rings. The number of hydrogen-bond acceptors (Lipinski definition) is 3. The second-order valence-corrected chi connectivity index (χ2v) is 7.42. The van der Waals surface area contributed by atoms with E-state index < -0.39 is 0 Å². The lowest BCUT2D eigenvalue weighted by atomic mass is 9.98. The molecule has 5 heteroatoms. The van der Waals surface area contributed by atoms with Gasteiger partial charge in [-0.15, -0.1) is 0 Å². The summed E-state index contributed by atoms with van der Waals surface area (Å²) in [5, 5.41) is 7.81. The summed E-state index contributed by atoms with van der Waals surface area (Å²) in [6.45, 7) is 8.41. The molecule has 1 unspecified atom stereocenters. The highest BCUT2D eigenvalue weighted by Gasteiger charge is 2.35. The van der Waals surface area contributed by atoms with Gasteiger partial charge >= 0.3 is 0 Å². The van der Waals surface area contributed by atoms with Gasteiger partial charge in [-0.1, -0.05) is 42.5 Å². The molecule has 1 saturated heterocycles. The Bertz CT molecular complexity index is 993. The molecule has 0 bridgehead atoms. The monoisotopic (exact) mass is 374 g/mol. The van der Waals surface area contributed by atoms with Crippen LogP contribution >= 0.6 is 0 Å². The fourth-order valence-electron chi connectivity index (χ4n) is 4.08. The number of nitrogens with one attached hydrogen (secondary N) is 1. The molecule has 1 atom stereocenters. The van der Waals surface area contributed by atoms with Crippen LogP contribution in [0.5, 0.6) is 0 Å². The third kappa shape index (κ3) is 3.34. The predicted molar refractivity (Wildman–Crippen MR) is 110 cm³/mol. The Balaban J connectivity index is 1.74. The third-order valence-corrected chi connectivity index (χ3v) is 5.57. The van der Waals surface area contributed by atoms with E-state index in [0.717, 1.165) is 35.7 Å². The first-order valence-corrected chi connectivity index (χ1v) is 9.74. The molecule has 1 aromatic heterocycles. The highest BCUT2D eigenvalue weighted by atomic mass is 16.2. The molecular formula is C23H26N4O. The zero-order valence-electron chi connectivity index (χ0n) is 16.6. The summed E-state index contributed by atoms with van der Waals surface area (Å²) in [7, 11) is 0. The smallest absolute Gasteiger partial charge is 0.242 e. The molecular weight excluding hydrogens is 348 g/mol. The Morgan fingerprint density at radius 3 is 2.50 bits per heavy atom. The molecule has 0 spiro atoms. The number of carbonyl (C=O) groups excluding carboxylic acids is 1.